The molecule has 0 unspecified atom stereocenters. The molecule has 5 heteroatoms. The van der Waals surface area contributed by atoms with Gasteiger partial charge in [0.25, 0.3) is 0 Å². The van der Waals surface area contributed by atoms with Crippen molar-refractivity contribution in [1.29, 1.82) is 0 Å². The number of imidazole rings is 1. The number of aromatic nitrogens is 5. The van der Waals surface area contributed by atoms with E-state index in [1.165, 1.54) is 10.8 Å². The summed E-state index contributed by atoms with van der Waals surface area (Å²) < 4.78 is 4.64. The van der Waals surface area contributed by atoms with E-state index >= 15 is 0 Å². The van der Waals surface area contributed by atoms with Gasteiger partial charge in [-0.15, -0.1) is 0 Å². The average Bonchev–Trinajstić information content (AvgIpc) is 3.78. The van der Waals surface area contributed by atoms with Crippen LogP contribution in [0, 0.1) is 0 Å². The van der Waals surface area contributed by atoms with Crippen molar-refractivity contribution in [2.45, 2.75) is 0 Å². The van der Waals surface area contributed by atoms with Gasteiger partial charge in [0.2, 0.25) is 0 Å². The summed E-state index contributed by atoms with van der Waals surface area (Å²) in [5.74, 6) is 1.49. The molecule has 0 N–H and O–H groups in total. The van der Waals surface area contributed by atoms with Gasteiger partial charge in [0.05, 0.1) is 39.1 Å². The molecule has 5 nitrogen and oxygen atoms in total. The Hall–Kier alpha value is -7.11. The van der Waals surface area contributed by atoms with Crippen molar-refractivity contribution in [3.05, 3.63) is 188 Å². The highest BCUT2D eigenvalue weighted by Gasteiger charge is 2.22. The molecule has 52 heavy (non-hydrogen) atoms. The Morgan fingerprint density at radius 2 is 0.885 bits per heavy atom. The van der Waals surface area contributed by atoms with Crippen molar-refractivity contribution in [1.82, 2.24) is 24.1 Å². The summed E-state index contributed by atoms with van der Waals surface area (Å²) in [6, 6.07) is 65.4. The highest BCUT2D eigenvalue weighted by Crippen LogP contribution is 2.40. The second-order valence-corrected chi connectivity index (χ2v) is 12.9. The molecule has 0 spiro atoms. The van der Waals surface area contributed by atoms with Crippen LogP contribution in [0.3, 0.4) is 0 Å². The summed E-state index contributed by atoms with van der Waals surface area (Å²) in [5.41, 5.74) is 12.0. The van der Waals surface area contributed by atoms with Crippen LogP contribution >= 0.6 is 0 Å². The lowest BCUT2D eigenvalue weighted by Crippen LogP contribution is -2.03. The molecule has 0 atom stereocenters. The predicted octanol–water partition coefficient (Wildman–Crippen LogP) is 11.6. The lowest BCUT2D eigenvalue weighted by molar-refractivity contribution is 1.09. The van der Waals surface area contributed by atoms with Crippen molar-refractivity contribution in [2.75, 3.05) is 0 Å². The summed E-state index contributed by atoms with van der Waals surface area (Å²) in [4.78, 5) is 15.8. The van der Waals surface area contributed by atoms with Crippen LogP contribution in [-0.4, -0.2) is 24.1 Å². The van der Waals surface area contributed by atoms with E-state index in [0.717, 1.165) is 72.9 Å². The minimum absolute atomic E-state index is 0.651. The lowest BCUT2D eigenvalue weighted by atomic mass is 10.0. The van der Waals surface area contributed by atoms with Gasteiger partial charge in [-0.2, -0.15) is 0 Å². The fraction of sp³-hybridized carbons (Fsp3) is 0. The van der Waals surface area contributed by atoms with E-state index in [1.807, 2.05) is 48.5 Å². The number of rotatable bonds is 6. The molecule has 3 heterocycles. The van der Waals surface area contributed by atoms with Gasteiger partial charge in [-0.3, -0.25) is 4.57 Å². The SMILES string of the molecule is c1ccc(-c2cc(-c3ccccc3)nc(-c3ccc(-n4c5ccccc5c5ccccc54)c(-c4nc5ccccc5n4-c4ccccc4)c3)n2)cc1. The normalized spacial score (nSPS) is 11.5. The first-order valence-electron chi connectivity index (χ1n) is 17.5. The van der Waals surface area contributed by atoms with Crippen LogP contribution in [0.1, 0.15) is 0 Å². The molecule has 0 bridgehead atoms. The first-order valence-corrected chi connectivity index (χ1v) is 17.5. The van der Waals surface area contributed by atoms with Gasteiger partial charge in [-0.25, -0.2) is 15.0 Å². The highest BCUT2D eigenvalue weighted by atomic mass is 15.1. The maximum absolute atomic E-state index is 5.36. The maximum atomic E-state index is 5.36. The fourth-order valence-electron chi connectivity index (χ4n) is 7.37. The Morgan fingerprint density at radius 1 is 0.365 bits per heavy atom. The molecule has 3 aromatic heterocycles. The van der Waals surface area contributed by atoms with Crippen LogP contribution in [0.2, 0.25) is 0 Å². The van der Waals surface area contributed by atoms with E-state index in [9.17, 15) is 0 Å². The van der Waals surface area contributed by atoms with E-state index in [1.54, 1.807) is 0 Å². The Bertz CT molecular complexity index is 2780. The van der Waals surface area contributed by atoms with Crippen molar-refractivity contribution in [2.24, 2.45) is 0 Å². The molecule has 0 amide bonds. The number of hydrogen-bond donors (Lipinski definition) is 0. The zero-order chi connectivity index (χ0) is 34.4. The second-order valence-electron chi connectivity index (χ2n) is 12.9. The number of nitrogens with zero attached hydrogens (tertiary/aromatic N) is 5. The number of hydrogen-bond acceptors (Lipinski definition) is 3. The molecule has 244 valence electrons. The van der Waals surface area contributed by atoms with Crippen molar-refractivity contribution < 1.29 is 0 Å². The van der Waals surface area contributed by atoms with Crippen LogP contribution in [0.15, 0.2) is 188 Å². The van der Waals surface area contributed by atoms with Crippen LogP contribution in [0.25, 0.3) is 89.5 Å². The standard InChI is InChI=1S/C47H31N5/c1-4-16-32(17-5-1)40-31-41(33-18-6-2-7-19-33)49-46(48-40)34-28-29-44(52-42-25-13-10-22-36(42)37-23-11-14-26-43(37)52)38(30-34)47-50-39-24-12-15-27-45(39)51(47)35-20-8-3-9-21-35/h1-31H. The van der Waals surface area contributed by atoms with Gasteiger partial charge in [0, 0.05) is 38.7 Å². The molecule has 10 aromatic rings. The third-order valence-electron chi connectivity index (χ3n) is 9.76. The summed E-state index contributed by atoms with van der Waals surface area (Å²) in [5, 5.41) is 2.41. The minimum atomic E-state index is 0.651. The van der Waals surface area contributed by atoms with Crippen molar-refractivity contribution in [3.8, 4) is 56.7 Å². The number of benzene rings is 7. The third-order valence-corrected chi connectivity index (χ3v) is 9.76. The molecule has 0 saturated heterocycles. The highest BCUT2D eigenvalue weighted by molar-refractivity contribution is 6.09. The third kappa shape index (κ3) is 4.98. The molecule has 0 radical (unpaired) electrons. The molecule has 0 fully saturated rings. The molecule has 0 saturated carbocycles. The minimum Gasteiger partial charge on any atom is -0.309 e. The molecular weight excluding hydrogens is 635 g/mol. The van der Waals surface area contributed by atoms with Gasteiger partial charge in [0.15, 0.2) is 5.82 Å². The predicted molar refractivity (Wildman–Crippen MR) is 213 cm³/mol. The summed E-state index contributed by atoms with van der Waals surface area (Å²) in [6.07, 6.45) is 0. The Kier molecular flexibility index (Phi) is 7.07. The molecule has 10 rings (SSSR count). The monoisotopic (exact) mass is 665 g/mol. The van der Waals surface area contributed by atoms with E-state index in [-0.39, 0.29) is 0 Å². The number of fused-ring (bicyclic) bond motifs is 4. The fourth-order valence-corrected chi connectivity index (χ4v) is 7.37. The summed E-state index contributed by atoms with van der Waals surface area (Å²) in [6.45, 7) is 0. The van der Waals surface area contributed by atoms with Gasteiger partial charge in [0.1, 0.15) is 5.82 Å². The van der Waals surface area contributed by atoms with Crippen molar-refractivity contribution in [3.63, 3.8) is 0 Å². The van der Waals surface area contributed by atoms with Crippen LogP contribution in [-0.2, 0) is 0 Å². The Labute approximate surface area is 300 Å². The Balaban J connectivity index is 1.29. The second kappa shape index (κ2) is 12.3. The van der Waals surface area contributed by atoms with E-state index in [4.69, 9.17) is 15.0 Å². The zero-order valence-electron chi connectivity index (χ0n) is 28.1. The molecular formula is C47H31N5. The number of para-hydroxylation sites is 5. The molecule has 0 aliphatic heterocycles. The first kappa shape index (κ1) is 29.8. The smallest absolute Gasteiger partial charge is 0.160 e. The quantitative estimate of drug-likeness (QED) is 0.178. The zero-order valence-corrected chi connectivity index (χ0v) is 28.1. The molecule has 0 aliphatic rings. The largest absolute Gasteiger partial charge is 0.309 e. The molecule has 7 aromatic carbocycles. The van der Waals surface area contributed by atoms with Crippen LogP contribution in [0.4, 0.5) is 0 Å². The van der Waals surface area contributed by atoms with Gasteiger partial charge >= 0.3 is 0 Å². The van der Waals surface area contributed by atoms with Crippen molar-refractivity contribution >= 4 is 32.8 Å². The molecule has 0 aliphatic carbocycles. The van der Waals surface area contributed by atoms with E-state index in [2.05, 4.69) is 149 Å². The first-order chi connectivity index (χ1) is 25.8. The summed E-state index contributed by atoms with van der Waals surface area (Å²) in [7, 11) is 0. The van der Waals surface area contributed by atoms with Gasteiger partial charge in [-0.1, -0.05) is 127 Å². The summed E-state index contributed by atoms with van der Waals surface area (Å²) >= 11 is 0. The average molecular weight is 666 g/mol. The van der Waals surface area contributed by atoms with E-state index < -0.39 is 0 Å². The topological polar surface area (TPSA) is 48.5 Å². The lowest BCUT2D eigenvalue weighted by Gasteiger charge is -2.17. The van der Waals surface area contributed by atoms with E-state index in [0.29, 0.717) is 5.82 Å². The van der Waals surface area contributed by atoms with Gasteiger partial charge in [-0.05, 0) is 60.7 Å². The van der Waals surface area contributed by atoms with Gasteiger partial charge < -0.3 is 4.57 Å². The van der Waals surface area contributed by atoms with Crippen LogP contribution < -0.4 is 0 Å². The Morgan fingerprint density at radius 3 is 1.50 bits per heavy atom. The van der Waals surface area contributed by atoms with Crippen LogP contribution in [0.5, 0.6) is 0 Å². The maximum Gasteiger partial charge on any atom is 0.160 e.